The van der Waals surface area contributed by atoms with Crippen LogP contribution in [0.15, 0.2) is 82.5 Å². The van der Waals surface area contributed by atoms with E-state index in [2.05, 4.69) is 21.4 Å². The second kappa shape index (κ2) is 11.6. The van der Waals surface area contributed by atoms with Gasteiger partial charge in [-0.1, -0.05) is 71.7 Å². The maximum absolute atomic E-state index is 13.6. The van der Waals surface area contributed by atoms with Crippen molar-refractivity contribution in [3.63, 3.8) is 0 Å². The molecular formula is C28H23N5O5S2. The molecule has 3 N–H and O–H groups in total. The second-order valence-electron chi connectivity index (χ2n) is 8.63. The van der Waals surface area contributed by atoms with Gasteiger partial charge < -0.3 is 20.6 Å². The monoisotopic (exact) mass is 573 g/mol. The van der Waals surface area contributed by atoms with E-state index in [0.717, 1.165) is 22.5 Å². The third-order valence-corrected chi connectivity index (χ3v) is 8.17. The number of thioether (sulfide) groups is 1. The molecule has 12 heteroatoms. The molecule has 2 atom stereocenters. The molecule has 1 saturated heterocycles. The molecule has 3 aromatic rings. The molecule has 202 valence electrons. The highest BCUT2D eigenvalue weighted by molar-refractivity contribution is 8.00. The number of carbonyl (C=O) groups is 3. The highest BCUT2D eigenvalue weighted by Crippen LogP contribution is 2.41. The summed E-state index contributed by atoms with van der Waals surface area (Å²) in [5, 5.41) is 7.67. The zero-order chi connectivity index (χ0) is 28.2. The minimum atomic E-state index is -0.934. The predicted octanol–water partition coefficient (Wildman–Crippen LogP) is 2.70. The molecule has 0 unspecified atom stereocenters. The molecule has 0 saturated carbocycles. The Morgan fingerprint density at radius 1 is 1.18 bits per heavy atom. The van der Waals surface area contributed by atoms with Crippen molar-refractivity contribution in [2.45, 2.75) is 17.5 Å². The van der Waals surface area contributed by atoms with Crippen LogP contribution in [-0.2, 0) is 24.0 Å². The number of fused-ring (bicyclic) bond motifs is 1. The molecule has 0 bridgehead atoms. The SMILES string of the molecule is C#CC1=C(C(=O)OC(c2ccccc2)c2ccccc2)N2C(=O)[C@@H](NC(=O)/C(=N\OC)c3csc(N)n3)[C@H]2SC1. The van der Waals surface area contributed by atoms with Crippen LogP contribution in [-0.4, -0.2) is 57.7 Å². The minimum absolute atomic E-state index is 0.00309. The number of amides is 2. The molecule has 2 amide bonds. The molecule has 40 heavy (non-hydrogen) atoms. The number of nitrogens with one attached hydrogen (secondary N) is 1. The molecular weight excluding hydrogens is 550 g/mol. The Labute approximate surface area is 238 Å². The Balaban J connectivity index is 1.38. The third kappa shape index (κ3) is 5.16. The number of nitrogens with zero attached hydrogens (tertiary/aromatic N) is 3. The second-order valence-corrected chi connectivity index (χ2v) is 10.6. The smallest absolute Gasteiger partial charge is 0.357 e. The van der Waals surface area contributed by atoms with E-state index in [0.29, 0.717) is 5.57 Å². The largest absolute Gasteiger partial charge is 0.448 e. The molecule has 0 aliphatic carbocycles. The number of esters is 1. The van der Waals surface area contributed by atoms with Gasteiger partial charge in [0.1, 0.15) is 29.9 Å². The van der Waals surface area contributed by atoms with Crippen molar-refractivity contribution in [1.82, 2.24) is 15.2 Å². The van der Waals surface area contributed by atoms with Gasteiger partial charge in [0.2, 0.25) is 0 Å². The average molecular weight is 574 g/mol. The maximum atomic E-state index is 13.6. The van der Waals surface area contributed by atoms with E-state index in [9.17, 15) is 14.4 Å². The summed E-state index contributed by atoms with van der Waals surface area (Å²) in [6.07, 6.45) is 5.01. The number of benzene rings is 2. The van der Waals surface area contributed by atoms with Crippen LogP contribution < -0.4 is 11.1 Å². The van der Waals surface area contributed by atoms with E-state index in [1.807, 2.05) is 60.7 Å². The number of aromatic nitrogens is 1. The van der Waals surface area contributed by atoms with Gasteiger partial charge in [-0.2, -0.15) is 0 Å². The van der Waals surface area contributed by atoms with Gasteiger partial charge >= 0.3 is 5.97 Å². The van der Waals surface area contributed by atoms with Gasteiger partial charge in [0.15, 0.2) is 16.9 Å². The first-order valence-electron chi connectivity index (χ1n) is 12.0. The number of anilines is 1. The summed E-state index contributed by atoms with van der Waals surface area (Å²) in [5.74, 6) is 0.909. The lowest BCUT2D eigenvalue weighted by molar-refractivity contribution is -0.154. The van der Waals surface area contributed by atoms with E-state index < -0.39 is 35.3 Å². The van der Waals surface area contributed by atoms with Crippen molar-refractivity contribution >= 4 is 51.7 Å². The lowest BCUT2D eigenvalue weighted by atomic mass is 10.0. The number of nitrogen functional groups attached to an aromatic ring is 1. The summed E-state index contributed by atoms with van der Waals surface area (Å²) in [4.78, 5) is 50.2. The molecule has 0 spiro atoms. The zero-order valence-corrected chi connectivity index (χ0v) is 22.8. The zero-order valence-electron chi connectivity index (χ0n) is 21.1. The minimum Gasteiger partial charge on any atom is -0.448 e. The topological polar surface area (TPSA) is 136 Å². The number of β-lactam (4-membered cyclic amide) rings is 1. The Morgan fingerprint density at radius 2 is 1.82 bits per heavy atom. The van der Waals surface area contributed by atoms with Gasteiger partial charge in [0.05, 0.1) is 0 Å². The van der Waals surface area contributed by atoms with Gasteiger partial charge in [0, 0.05) is 16.7 Å². The highest BCUT2D eigenvalue weighted by Gasteiger charge is 2.55. The summed E-state index contributed by atoms with van der Waals surface area (Å²) in [5.41, 5.74) is 7.64. The lowest BCUT2D eigenvalue weighted by Crippen LogP contribution is -2.71. The Bertz CT molecular complexity index is 1510. The molecule has 1 fully saturated rings. The van der Waals surface area contributed by atoms with E-state index in [1.165, 1.54) is 23.8 Å². The number of oxime groups is 1. The number of carbonyl (C=O) groups excluding carboxylic acids is 3. The van der Waals surface area contributed by atoms with Crippen LogP contribution in [0.2, 0.25) is 0 Å². The van der Waals surface area contributed by atoms with Crippen LogP contribution in [0.25, 0.3) is 0 Å². The number of nitrogens with two attached hydrogens (primary N) is 1. The first-order chi connectivity index (χ1) is 19.4. The normalized spacial score (nSPS) is 18.5. The standard InChI is InChI=1S/C28H23N5O5S2/c1-3-16-14-39-26-21(31-24(34)20(32-37-2)19-15-40-28(29)30-19)25(35)33(26)22(16)27(36)38-23(17-10-6-4-7-11-17)18-12-8-5-9-13-18/h1,4-13,15,21,23,26H,14H2,2H3,(H2,29,30)(H,31,34)/b32-20-/t21-,26-/m1/s1. The van der Waals surface area contributed by atoms with Gasteiger partial charge in [-0.25, -0.2) is 9.78 Å². The number of ether oxygens (including phenoxy) is 1. The molecule has 3 heterocycles. The van der Waals surface area contributed by atoms with Gasteiger partial charge in [-0.15, -0.1) is 29.5 Å². The Hall–Kier alpha value is -4.60. The molecule has 1 aromatic heterocycles. The fourth-order valence-electron chi connectivity index (χ4n) is 4.37. The number of hydrogen-bond donors (Lipinski definition) is 2. The first-order valence-corrected chi connectivity index (χ1v) is 13.9. The average Bonchev–Trinajstić information content (AvgIpc) is 3.42. The quantitative estimate of drug-likeness (QED) is 0.138. The van der Waals surface area contributed by atoms with Gasteiger partial charge in [-0.05, 0) is 11.1 Å². The van der Waals surface area contributed by atoms with E-state index in [4.69, 9.17) is 21.7 Å². The van der Waals surface area contributed by atoms with E-state index >= 15 is 0 Å². The summed E-state index contributed by atoms with van der Waals surface area (Å²) >= 11 is 2.47. The van der Waals surface area contributed by atoms with Crippen LogP contribution in [0.3, 0.4) is 0 Å². The van der Waals surface area contributed by atoms with Crippen molar-refractivity contribution in [2.75, 3.05) is 18.6 Å². The van der Waals surface area contributed by atoms with Crippen molar-refractivity contribution in [1.29, 1.82) is 0 Å². The number of thiazole rings is 1. The summed E-state index contributed by atoms with van der Waals surface area (Å²) < 4.78 is 6.00. The fourth-order valence-corrected chi connectivity index (χ4v) is 6.21. The summed E-state index contributed by atoms with van der Waals surface area (Å²) in [6.45, 7) is 0. The van der Waals surface area contributed by atoms with Crippen LogP contribution in [0, 0.1) is 12.3 Å². The van der Waals surface area contributed by atoms with Crippen LogP contribution in [0.4, 0.5) is 5.13 Å². The number of terminal acetylenes is 1. The summed E-state index contributed by atoms with van der Waals surface area (Å²) in [6, 6.07) is 17.6. The Morgan fingerprint density at radius 3 is 2.38 bits per heavy atom. The molecule has 5 rings (SSSR count). The maximum Gasteiger partial charge on any atom is 0.357 e. The highest BCUT2D eigenvalue weighted by atomic mass is 32.2. The van der Waals surface area contributed by atoms with Crippen molar-refractivity contribution in [3.05, 3.63) is 94.1 Å². The predicted molar refractivity (Wildman–Crippen MR) is 152 cm³/mol. The molecule has 10 nitrogen and oxygen atoms in total. The third-order valence-electron chi connectivity index (χ3n) is 6.21. The lowest BCUT2D eigenvalue weighted by Gasteiger charge is -2.49. The van der Waals surface area contributed by atoms with Crippen LogP contribution in [0.1, 0.15) is 22.9 Å². The summed E-state index contributed by atoms with van der Waals surface area (Å²) in [7, 11) is 1.29. The van der Waals surface area contributed by atoms with Crippen molar-refractivity contribution in [3.8, 4) is 12.3 Å². The molecule has 2 aliphatic rings. The van der Waals surface area contributed by atoms with Crippen molar-refractivity contribution in [2.24, 2.45) is 5.16 Å². The molecule has 0 radical (unpaired) electrons. The first kappa shape index (κ1) is 27.0. The number of rotatable bonds is 8. The Kier molecular flexibility index (Phi) is 7.86. The fraction of sp³-hybridized carbons (Fsp3) is 0.179. The van der Waals surface area contributed by atoms with Crippen LogP contribution >= 0.6 is 23.1 Å². The van der Waals surface area contributed by atoms with Crippen LogP contribution in [0.5, 0.6) is 0 Å². The van der Waals surface area contributed by atoms with Crippen molar-refractivity contribution < 1.29 is 24.0 Å². The molecule has 2 aromatic carbocycles. The van der Waals surface area contributed by atoms with E-state index in [-0.39, 0.29) is 28.0 Å². The van der Waals surface area contributed by atoms with Gasteiger partial charge in [-0.3, -0.25) is 14.5 Å². The number of hydrogen-bond acceptors (Lipinski definition) is 10. The van der Waals surface area contributed by atoms with Gasteiger partial charge in [0.25, 0.3) is 11.8 Å². The molecule has 2 aliphatic heterocycles. The van der Waals surface area contributed by atoms with E-state index in [1.54, 1.807) is 5.38 Å².